The second kappa shape index (κ2) is 3.96. The molecule has 0 rings (SSSR count). The summed E-state index contributed by atoms with van der Waals surface area (Å²) in [5.41, 5.74) is -4.54. The zero-order valence-corrected chi connectivity index (χ0v) is 9.11. The zero-order chi connectivity index (χ0) is 10.9. The van der Waals surface area contributed by atoms with Crippen molar-refractivity contribution in [2.75, 3.05) is 5.33 Å². The van der Waals surface area contributed by atoms with Crippen LogP contribution in [0.25, 0.3) is 0 Å². The van der Waals surface area contributed by atoms with E-state index in [2.05, 4.69) is 15.9 Å². The van der Waals surface area contributed by atoms with E-state index in [1.54, 1.807) is 0 Å². The summed E-state index contributed by atoms with van der Waals surface area (Å²) in [6.45, 7) is 0. The molecule has 0 spiro atoms. The van der Waals surface area contributed by atoms with Gasteiger partial charge in [-0.05, 0) is 15.9 Å². The minimum Gasteiger partial charge on any atom is -0.226 e. The third kappa shape index (κ3) is 2.74. The predicted octanol–water partition coefficient (Wildman–Crippen LogP) is 4.03. The SMILES string of the molecule is FC(F)(F)C(F)(CCBr)C(F)(F)Br. The summed E-state index contributed by atoms with van der Waals surface area (Å²) in [4.78, 5) is -4.62. The topological polar surface area (TPSA) is 0 Å². The highest BCUT2D eigenvalue weighted by Gasteiger charge is 2.69. The lowest BCUT2D eigenvalue weighted by atomic mass is 10.0. The van der Waals surface area contributed by atoms with Crippen LogP contribution in [0.2, 0.25) is 0 Å². The number of alkyl halides is 8. The van der Waals surface area contributed by atoms with Crippen LogP contribution in [0.3, 0.4) is 0 Å². The Labute approximate surface area is 86.9 Å². The van der Waals surface area contributed by atoms with Crippen molar-refractivity contribution in [1.29, 1.82) is 0 Å². The van der Waals surface area contributed by atoms with E-state index in [0.717, 1.165) is 0 Å². The Morgan fingerprint density at radius 1 is 0.923 bits per heavy atom. The van der Waals surface area contributed by atoms with Gasteiger partial charge >= 0.3 is 11.0 Å². The molecule has 1 atom stereocenters. The van der Waals surface area contributed by atoms with Crippen LogP contribution in [-0.2, 0) is 0 Å². The van der Waals surface area contributed by atoms with Crippen molar-refractivity contribution in [3.8, 4) is 0 Å². The Balaban J connectivity index is 4.96. The van der Waals surface area contributed by atoms with Crippen LogP contribution in [0.1, 0.15) is 6.42 Å². The van der Waals surface area contributed by atoms with Crippen LogP contribution in [0.5, 0.6) is 0 Å². The highest BCUT2D eigenvalue weighted by molar-refractivity contribution is 9.10. The van der Waals surface area contributed by atoms with Crippen LogP contribution in [0.15, 0.2) is 0 Å². The number of hydrogen-bond donors (Lipinski definition) is 0. The van der Waals surface area contributed by atoms with Gasteiger partial charge in [0.25, 0.3) is 5.67 Å². The van der Waals surface area contributed by atoms with E-state index in [9.17, 15) is 26.3 Å². The van der Waals surface area contributed by atoms with Gasteiger partial charge in [0.15, 0.2) is 0 Å². The van der Waals surface area contributed by atoms with Crippen molar-refractivity contribution in [2.45, 2.75) is 23.1 Å². The Bertz CT molecular complexity index is 157. The van der Waals surface area contributed by atoms with Crippen LogP contribution >= 0.6 is 31.9 Å². The third-order valence-corrected chi connectivity index (χ3v) is 2.36. The predicted molar refractivity (Wildman–Crippen MR) is 42.2 cm³/mol. The summed E-state index contributed by atoms with van der Waals surface area (Å²) in [7, 11) is 0. The fourth-order valence-electron chi connectivity index (χ4n) is 0.574. The summed E-state index contributed by atoms with van der Waals surface area (Å²) in [5, 5.41) is -0.510. The lowest BCUT2D eigenvalue weighted by molar-refractivity contribution is -0.275. The van der Waals surface area contributed by atoms with Crippen LogP contribution in [0, 0.1) is 0 Å². The number of halogens is 8. The molecule has 0 fully saturated rings. The molecule has 0 bridgehead atoms. The molecule has 0 amide bonds. The second-order valence-corrected chi connectivity index (χ2v) is 4.02. The molecule has 0 aliphatic heterocycles. The third-order valence-electron chi connectivity index (χ3n) is 1.34. The van der Waals surface area contributed by atoms with Crippen LogP contribution in [0.4, 0.5) is 26.3 Å². The highest BCUT2D eigenvalue weighted by Crippen LogP contribution is 2.50. The maximum atomic E-state index is 12.9. The van der Waals surface area contributed by atoms with Gasteiger partial charge in [-0.1, -0.05) is 15.9 Å². The average molecular weight is 338 g/mol. The van der Waals surface area contributed by atoms with Crippen LogP contribution < -0.4 is 0 Å². The summed E-state index contributed by atoms with van der Waals surface area (Å²) in [6, 6.07) is 0. The van der Waals surface area contributed by atoms with Crippen molar-refractivity contribution in [2.24, 2.45) is 0 Å². The van der Waals surface area contributed by atoms with E-state index >= 15 is 0 Å². The van der Waals surface area contributed by atoms with Crippen molar-refractivity contribution < 1.29 is 26.3 Å². The molecule has 0 aliphatic rings. The molecule has 0 nitrogen and oxygen atoms in total. The van der Waals surface area contributed by atoms with E-state index in [-0.39, 0.29) is 0 Å². The maximum absolute atomic E-state index is 12.9. The van der Waals surface area contributed by atoms with Gasteiger partial charge in [-0.15, -0.1) is 0 Å². The van der Waals surface area contributed by atoms with Crippen LogP contribution in [-0.4, -0.2) is 22.0 Å². The Hall–Kier alpha value is 0.540. The largest absolute Gasteiger partial charge is 0.429 e. The van der Waals surface area contributed by atoms with Gasteiger partial charge in [0.05, 0.1) is 0 Å². The molecule has 13 heavy (non-hydrogen) atoms. The summed E-state index contributed by atoms with van der Waals surface area (Å²) < 4.78 is 73.0. The van der Waals surface area contributed by atoms with E-state index in [4.69, 9.17) is 0 Å². The quantitative estimate of drug-likeness (QED) is 0.539. The average Bonchev–Trinajstić information content (AvgIpc) is 1.82. The highest BCUT2D eigenvalue weighted by atomic mass is 79.9. The molecular weight excluding hydrogens is 334 g/mol. The molecule has 80 valence electrons. The Morgan fingerprint density at radius 3 is 1.38 bits per heavy atom. The van der Waals surface area contributed by atoms with E-state index in [0.29, 0.717) is 0 Å². The molecular formula is C5H4Br2F6. The number of hydrogen-bond acceptors (Lipinski definition) is 0. The minimum atomic E-state index is -5.60. The first-order valence-corrected chi connectivity index (χ1v) is 4.86. The lowest BCUT2D eigenvalue weighted by Crippen LogP contribution is -2.52. The molecule has 0 saturated heterocycles. The Morgan fingerprint density at radius 2 is 1.31 bits per heavy atom. The molecule has 0 radical (unpaired) electrons. The molecule has 1 unspecified atom stereocenters. The first-order chi connectivity index (χ1) is 5.56. The number of rotatable bonds is 3. The first-order valence-electron chi connectivity index (χ1n) is 2.94. The van der Waals surface area contributed by atoms with Gasteiger partial charge in [0.2, 0.25) is 0 Å². The molecule has 0 aromatic rings. The van der Waals surface area contributed by atoms with Crippen molar-refractivity contribution >= 4 is 31.9 Å². The molecule has 0 saturated carbocycles. The maximum Gasteiger partial charge on any atom is 0.429 e. The fraction of sp³-hybridized carbons (Fsp3) is 1.00. The molecule has 0 aromatic heterocycles. The van der Waals surface area contributed by atoms with Crippen molar-refractivity contribution in [3.05, 3.63) is 0 Å². The van der Waals surface area contributed by atoms with E-state index < -0.39 is 28.4 Å². The van der Waals surface area contributed by atoms with E-state index in [1.165, 1.54) is 15.9 Å². The summed E-state index contributed by atoms with van der Waals surface area (Å²) in [6.07, 6.45) is -6.96. The molecule has 0 aromatic carbocycles. The molecule has 0 aliphatic carbocycles. The normalized spacial score (nSPS) is 18.5. The van der Waals surface area contributed by atoms with Gasteiger partial charge < -0.3 is 0 Å². The summed E-state index contributed by atoms with van der Waals surface area (Å²) >= 11 is 3.86. The fourth-order valence-corrected chi connectivity index (χ4v) is 1.54. The minimum absolute atomic E-state index is 0.510. The second-order valence-electron chi connectivity index (χ2n) is 2.24. The molecule has 8 heteroatoms. The zero-order valence-electron chi connectivity index (χ0n) is 5.94. The summed E-state index contributed by atoms with van der Waals surface area (Å²) in [5.74, 6) is 0. The van der Waals surface area contributed by atoms with E-state index in [1.807, 2.05) is 0 Å². The van der Waals surface area contributed by atoms with Gasteiger partial charge in [0.1, 0.15) is 0 Å². The van der Waals surface area contributed by atoms with Gasteiger partial charge in [-0.2, -0.15) is 22.0 Å². The van der Waals surface area contributed by atoms with Gasteiger partial charge in [-0.25, -0.2) is 4.39 Å². The smallest absolute Gasteiger partial charge is 0.226 e. The lowest BCUT2D eigenvalue weighted by Gasteiger charge is -2.30. The van der Waals surface area contributed by atoms with Crippen molar-refractivity contribution in [1.82, 2.24) is 0 Å². The Kier molecular flexibility index (Phi) is 4.12. The molecule has 0 N–H and O–H groups in total. The standard InChI is InChI=1S/C5H4Br2F6/c6-2-1-3(8,4(7,9)10)5(11,12)13/h1-2H2. The van der Waals surface area contributed by atoms with Crippen molar-refractivity contribution in [3.63, 3.8) is 0 Å². The molecule has 0 heterocycles. The monoisotopic (exact) mass is 336 g/mol. The van der Waals surface area contributed by atoms with Gasteiger partial charge in [0, 0.05) is 11.8 Å². The van der Waals surface area contributed by atoms with Gasteiger partial charge in [-0.3, -0.25) is 0 Å². The first kappa shape index (κ1) is 13.5.